The molecular weight excluding hydrogens is 492 g/mol. The molecule has 0 spiro atoms. The van der Waals surface area contributed by atoms with Gasteiger partial charge >= 0.3 is 6.09 Å². The largest absolute Gasteiger partial charge is 0.444 e. The quantitative estimate of drug-likeness (QED) is 0.347. The lowest BCUT2D eigenvalue weighted by Gasteiger charge is -2.34. The van der Waals surface area contributed by atoms with Gasteiger partial charge in [-0.15, -0.1) is 0 Å². The summed E-state index contributed by atoms with van der Waals surface area (Å²) >= 11 is 0. The number of piperidine rings is 1. The zero-order valence-corrected chi connectivity index (χ0v) is 22.8. The number of carbonyl (C=O) groups is 2. The predicted molar refractivity (Wildman–Crippen MR) is 153 cm³/mol. The smallest absolute Gasteiger partial charge is 0.410 e. The van der Waals surface area contributed by atoms with E-state index in [1.54, 1.807) is 23.2 Å². The number of pyridine rings is 1. The number of hydrogen-bond acceptors (Lipinski definition) is 6. The van der Waals surface area contributed by atoms with E-state index in [9.17, 15) is 9.59 Å². The first-order chi connectivity index (χ1) is 18.6. The number of benzene rings is 2. The van der Waals surface area contributed by atoms with E-state index >= 15 is 0 Å². The van der Waals surface area contributed by atoms with E-state index in [1.807, 2.05) is 74.8 Å². The monoisotopic (exact) mass is 526 g/mol. The molecule has 0 bridgehead atoms. The first-order valence-corrected chi connectivity index (χ1v) is 13.2. The maximum Gasteiger partial charge on any atom is 0.410 e. The van der Waals surface area contributed by atoms with Gasteiger partial charge in [0.2, 0.25) is 0 Å². The molecule has 1 fully saturated rings. The van der Waals surface area contributed by atoms with Gasteiger partial charge in [0, 0.05) is 36.1 Å². The van der Waals surface area contributed by atoms with Crippen molar-refractivity contribution in [1.29, 1.82) is 0 Å². The number of anilines is 2. The standard InChI is InChI=1S/C30H34N6O3/c1-19-17-32-27(31)24-25(20-12-14-21(15-13-20)28(37)33-22-9-6-5-7-10-22)34-36(26(19)24)23-11-8-16-35(18-23)29(38)39-30(2,3)4/h5-7,9-10,12-15,17,23H,8,11,16,18H2,1-4H3,(H2,31,32)(H,33,37)/t23-/m1/s1. The highest BCUT2D eigenvalue weighted by atomic mass is 16.6. The Morgan fingerprint density at radius 2 is 1.79 bits per heavy atom. The molecule has 1 aliphatic rings. The third kappa shape index (κ3) is 5.57. The highest BCUT2D eigenvalue weighted by molar-refractivity contribution is 6.05. The number of likely N-dealkylation sites (tertiary alicyclic amines) is 1. The first kappa shape index (κ1) is 26.2. The normalized spacial score (nSPS) is 15.8. The summed E-state index contributed by atoms with van der Waals surface area (Å²) < 4.78 is 7.62. The number of nitrogen functional groups attached to an aromatic ring is 1. The molecule has 1 saturated heterocycles. The first-order valence-electron chi connectivity index (χ1n) is 13.2. The molecule has 4 aromatic rings. The third-order valence-electron chi connectivity index (χ3n) is 6.78. The van der Waals surface area contributed by atoms with E-state index in [2.05, 4.69) is 10.3 Å². The lowest BCUT2D eigenvalue weighted by Crippen LogP contribution is -2.43. The van der Waals surface area contributed by atoms with Crippen LogP contribution in [0, 0.1) is 6.92 Å². The lowest BCUT2D eigenvalue weighted by molar-refractivity contribution is 0.0169. The van der Waals surface area contributed by atoms with Crippen LogP contribution in [-0.4, -0.2) is 50.4 Å². The number of rotatable bonds is 4. The fourth-order valence-corrected chi connectivity index (χ4v) is 4.96. The second kappa shape index (κ2) is 10.4. The van der Waals surface area contributed by atoms with Gasteiger partial charge < -0.3 is 20.7 Å². The molecule has 2 amide bonds. The molecule has 2 aromatic heterocycles. The van der Waals surface area contributed by atoms with Crippen LogP contribution in [0.2, 0.25) is 0 Å². The number of carbonyl (C=O) groups excluding carboxylic acids is 2. The zero-order chi connectivity index (χ0) is 27.7. The molecule has 5 rings (SSSR count). The minimum Gasteiger partial charge on any atom is -0.444 e. The van der Waals surface area contributed by atoms with E-state index in [1.165, 1.54) is 0 Å². The average molecular weight is 527 g/mol. The summed E-state index contributed by atoms with van der Waals surface area (Å²) in [6.07, 6.45) is 3.15. The Morgan fingerprint density at radius 3 is 2.49 bits per heavy atom. The van der Waals surface area contributed by atoms with Gasteiger partial charge in [-0.3, -0.25) is 9.48 Å². The highest BCUT2D eigenvalue weighted by Crippen LogP contribution is 2.36. The van der Waals surface area contributed by atoms with Crippen molar-refractivity contribution in [3.05, 3.63) is 71.9 Å². The molecule has 0 radical (unpaired) electrons. The van der Waals surface area contributed by atoms with E-state index in [0.29, 0.717) is 30.2 Å². The minimum absolute atomic E-state index is 0.0426. The zero-order valence-electron chi connectivity index (χ0n) is 22.8. The van der Waals surface area contributed by atoms with E-state index in [-0.39, 0.29) is 18.0 Å². The Hall–Kier alpha value is -4.40. The number of nitrogens with one attached hydrogen (secondary N) is 1. The molecule has 2 aromatic carbocycles. The van der Waals surface area contributed by atoms with Crippen LogP contribution in [0.3, 0.4) is 0 Å². The second-order valence-electron chi connectivity index (χ2n) is 11.0. The number of nitrogens with zero attached hydrogens (tertiary/aromatic N) is 4. The summed E-state index contributed by atoms with van der Waals surface area (Å²) in [6, 6.07) is 16.6. The summed E-state index contributed by atoms with van der Waals surface area (Å²) in [5.74, 6) is 0.201. The van der Waals surface area contributed by atoms with Crippen molar-refractivity contribution in [2.45, 2.75) is 52.2 Å². The number of ether oxygens (including phenoxy) is 1. The van der Waals surface area contributed by atoms with Crippen molar-refractivity contribution in [3.63, 3.8) is 0 Å². The van der Waals surface area contributed by atoms with Crippen LogP contribution < -0.4 is 11.1 Å². The summed E-state index contributed by atoms with van der Waals surface area (Å²) in [4.78, 5) is 31.7. The Bertz CT molecular complexity index is 1510. The summed E-state index contributed by atoms with van der Waals surface area (Å²) in [6.45, 7) is 8.74. The topological polar surface area (TPSA) is 115 Å². The molecule has 0 unspecified atom stereocenters. The molecular formula is C30H34N6O3. The highest BCUT2D eigenvalue weighted by Gasteiger charge is 2.31. The SMILES string of the molecule is Cc1cnc(N)c2c(-c3ccc(C(=O)Nc4ccccc4)cc3)nn([C@@H]3CCCN(C(=O)OC(C)(C)C)C3)c12. The molecule has 0 aliphatic carbocycles. The molecule has 9 heteroatoms. The summed E-state index contributed by atoms with van der Waals surface area (Å²) in [5, 5.41) is 8.71. The van der Waals surface area contributed by atoms with Crippen LogP contribution in [0.15, 0.2) is 60.8 Å². The minimum atomic E-state index is -0.559. The number of para-hydroxylation sites is 1. The van der Waals surface area contributed by atoms with Crippen molar-refractivity contribution >= 4 is 34.4 Å². The average Bonchev–Trinajstić information content (AvgIpc) is 3.33. The second-order valence-corrected chi connectivity index (χ2v) is 11.0. The molecule has 39 heavy (non-hydrogen) atoms. The van der Waals surface area contributed by atoms with Crippen LogP contribution in [0.1, 0.15) is 55.6 Å². The van der Waals surface area contributed by atoms with Gasteiger partial charge in [0.05, 0.1) is 16.9 Å². The molecule has 3 N–H and O–H groups in total. The van der Waals surface area contributed by atoms with Crippen LogP contribution in [0.25, 0.3) is 22.2 Å². The maximum atomic E-state index is 12.8. The van der Waals surface area contributed by atoms with Gasteiger partial charge in [0.25, 0.3) is 5.91 Å². The Kier molecular flexibility index (Phi) is 6.99. The van der Waals surface area contributed by atoms with Gasteiger partial charge in [-0.25, -0.2) is 9.78 Å². The van der Waals surface area contributed by atoms with E-state index in [0.717, 1.165) is 40.6 Å². The van der Waals surface area contributed by atoms with Crippen molar-refractivity contribution in [2.24, 2.45) is 0 Å². The third-order valence-corrected chi connectivity index (χ3v) is 6.78. The van der Waals surface area contributed by atoms with Gasteiger partial charge in [-0.2, -0.15) is 5.10 Å². The molecule has 202 valence electrons. The maximum absolute atomic E-state index is 12.8. The van der Waals surface area contributed by atoms with E-state index < -0.39 is 5.60 Å². The molecule has 1 aliphatic heterocycles. The Labute approximate surface area is 228 Å². The fraction of sp³-hybridized carbons (Fsp3) is 0.333. The fourth-order valence-electron chi connectivity index (χ4n) is 4.96. The Morgan fingerprint density at radius 1 is 1.08 bits per heavy atom. The summed E-state index contributed by atoms with van der Waals surface area (Å²) in [5.41, 5.74) is 10.5. The van der Waals surface area contributed by atoms with E-state index in [4.69, 9.17) is 15.6 Å². The molecule has 9 nitrogen and oxygen atoms in total. The van der Waals surface area contributed by atoms with Gasteiger partial charge in [-0.05, 0) is 70.4 Å². The number of aryl methyl sites for hydroxylation is 1. The number of amides is 2. The van der Waals surface area contributed by atoms with Crippen molar-refractivity contribution in [1.82, 2.24) is 19.7 Å². The van der Waals surface area contributed by atoms with Crippen LogP contribution in [0.5, 0.6) is 0 Å². The van der Waals surface area contributed by atoms with Gasteiger partial charge in [-0.1, -0.05) is 30.3 Å². The molecule has 1 atom stereocenters. The molecule has 3 heterocycles. The van der Waals surface area contributed by atoms with Crippen LogP contribution in [0.4, 0.5) is 16.3 Å². The number of fused-ring (bicyclic) bond motifs is 1. The number of nitrogens with two attached hydrogens (primary N) is 1. The summed E-state index contributed by atoms with van der Waals surface area (Å²) in [7, 11) is 0. The lowest BCUT2D eigenvalue weighted by atomic mass is 10.0. The van der Waals surface area contributed by atoms with Crippen molar-refractivity contribution in [2.75, 3.05) is 24.1 Å². The predicted octanol–water partition coefficient (Wildman–Crippen LogP) is 5.81. The van der Waals surface area contributed by atoms with Crippen LogP contribution in [-0.2, 0) is 4.74 Å². The number of aromatic nitrogens is 3. The van der Waals surface area contributed by atoms with Crippen LogP contribution >= 0.6 is 0 Å². The number of hydrogen-bond donors (Lipinski definition) is 2. The van der Waals surface area contributed by atoms with Gasteiger partial charge in [0.1, 0.15) is 17.1 Å². The molecule has 0 saturated carbocycles. The van der Waals surface area contributed by atoms with Crippen molar-refractivity contribution < 1.29 is 14.3 Å². The van der Waals surface area contributed by atoms with Gasteiger partial charge in [0.15, 0.2) is 0 Å². The Balaban J connectivity index is 1.47. The van der Waals surface area contributed by atoms with Crippen molar-refractivity contribution in [3.8, 4) is 11.3 Å².